The van der Waals surface area contributed by atoms with E-state index >= 15 is 0 Å². The first-order valence-electron chi connectivity index (χ1n) is 11.7. The standard InChI is InChI=1S/C25H31ClN2O6/c1-4-11-27(17-8-6-5-7-16(17)26)23(31)21-25-10-9-18(34-25)19(24(32)33)20(25)22(30)28(21)15(13-29)12-14(2)3/h4-8,14-15,18-21,29H,1,9-13H2,2-3H3,(H,32,33)/t15-,18-,19+,20+,21-,25+/m1/s1. The van der Waals surface area contributed by atoms with Gasteiger partial charge in [0.05, 0.1) is 41.3 Å². The first-order chi connectivity index (χ1) is 16.2. The highest BCUT2D eigenvalue weighted by molar-refractivity contribution is 6.34. The SMILES string of the molecule is C=CCN(C(=O)[C@H]1N([C@@H](CO)CC(C)C)C(=O)[C@@H]2[C@@H](C(=O)O)[C@H]3CC[C@]21O3)c1ccccc1Cl. The molecule has 184 valence electrons. The molecule has 0 saturated carbocycles. The molecule has 4 rings (SSSR count). The molecule has 34 heavy (non-hydrogen) atoms. The maximum atomic E-state index is 14.3. The molecule has 0 aliphatic carbocycles. The zero-order valence-corrected chi connectivity index (χ0v) is 20.1. The molecule has 6 atom stereocenters. The van der Waals surface area contributed by atoms with Crippen molar-refractivity contribution in [1.82, 2.24) is 4.90 Å². The van der Waals surface area contributed by atoms with E-state index in [1.807, 2.05) is 13.8 Å². The summed E-state index contributed by atoms with van der Waals surface area (Å²) in [6.07, 6.45) is 2.27. The molecule has 3 saturated heterocycles. The number of carboxylic acids is 1. The maximum absolute atomic E-state index is 14.3. The number of carbonyl (C=O) groups excluding carboxylic acids is 2. The van der Waals surface area contributed by atoms with Gasteiger partial charge in [0.2, 0.25) is 5.91 Å². The van der Waals surface area contributed by atoms with Crippen molar-refractivity contribution in [3.05, 3.63) is 41.9 Å². The van der Waals surface area contributed by atoms with Crippen LogP contribution in [0.1, 0.15) is 33.1 Å². The molecule has 9 heteroatoms. The van der Waals surface area contributed by atoms with Crippen molar-refractivity contribution in [3.63, 3.8) is 0 Å². The minimum atomic E-state index is -1.26. The van der Waals surface area contributed by atoms with Crippen LogP contribution in [0.5, 0.6) is 0 Å². The van der Waals surface area contributed by atoms with Crippen molar-refractivity contribution in [2.45, 2.75) is 56.9 Å². The Labute approximate surface area is 204 Å². The second-order valence-corrected chi connectivity index (χ2v) is 10.2. The molecular formula is C25H31ClN2O6. The fraction of sp³-hybridized carbons (Fsp3) is 0.560. The molecule has 0 aromatic heterocycles. The number of carboxylic acid groups (broad SMARTS) is 1. The van der Waals surface area contributed by atoms with Crippen LogP contribution in [0.3, 0.4) is 0 Å². The third kappa shape index (κ3) is 3.72. The number of rotatable bonds is 9. The summed E-state index contributed by atoms with van der Waals surface area (Å²) in [4.78, 5) is 43.1. The van der Waals surface area contributed by atoms with Crippen molar-refractivity contribution < 1.29 is 29.3 Å². The monoisotopic (exact) mass is 490 g/mol. The van der Waals surface area contributed by atoms with Crippen LogP contribution >= 0.6 is 11.6 Å². The summed E-state index contributed by atoms with van der Waals surface area (Å²) in [5, 5.41) is 20.5. The van der Waals surface area contributed by atoms with Gasteiger partial charge in [-0.15, -0.1) is 6.58 Å². The fourth-order valence-corrected chi connectivity index (χ4v) is 6.36. The number of hydrogen-bond acceptors (Lipinski definition) is 5. The van der Waals surface area contributed by atoms with Crippen molar-refractivity contribution in [3.8, 4) is 0 Å². The minimum absolute atomic E-state index is 0.138. The van der Waals surface area contributed by atoms with Crippen LogP contribution in [-0.4, -0.2) is 69.8 Å². The lowest BCUT2D eigenvalue weighted by Crippen LogP contribution is -2.59. The Balaban J connectivity index is 1.84. The van der Waals surface area contributed by atoms with Gasteiger partial charge in [0, 0.05) is 6.54 Å². The molecule has 0 radical (unpaired) electrons. The summed E-state index contributed by atoms with van der Waals surface area (Å²) in [6.45, 7) is 7.50. The van der Waals surface area contributed by atoms with Gasteiger partial charge in [-0.25, -0.2) is 0 Å². The van der Waals surface area contributed by atoms with E-state index in [1.54, 1.807) is 30.3 Å². The highest BCUT2D eigenvalue weighted by Gasteiger charge is 2.75. The number of aliphatic carboxylic acids is 1. The predicted octanol–water partition coefficient (Wildman–Crippen LogP) is 2.73. The number of benzene rings is 1. The molecular weight excluding hydrogens is 460 g/mol. The molecule has 1 aromatic rings. The van der Waals surface area contributed by atoms with Gasteiger partial charge in [-0.1, -0.05) is 43.7 Å². The summed E-state index contributed by atoms with van der Waals surface area (Å²) in [6, 6.07) is 5.18. The molecule has 2 amide bonds. The van der Waals surface area contributed by atoms with E-state index in [1.165, 1.54) is 9.80 Å². The Hall–Kier alpha value is -2.42. The van der Waals surface area contributed by atoms with Gasteiger partial charge in [-0.2, -0.15) is 0 Å². The highest BCUT2D eigenvalue weighted by Crippen LogP contribution is 2.59. The van der Waals surface area contributed by atoms with Gasteiger partial charge < -0.3 is 24.7 Å². The quantitative estimate of drug-likeness (QED) is 0.515. The van der Waals surface area contributed by atoms with Crippen LogP contribution in [-0.2, 0) is 19.1 Å². The van der Waals surface area contributed by atoms with Crippen LogP contribution in [0, 0.1) is 17.8 Å². The molecule has 2 bridgehead atoms. The smallest absolute Gasteiger partial charge is 0.310 e. The number of anilines is 1. The van der Waals surface area contributed by atoms with Crippen LogP contribution in [0.4, 0.5) is 5.69 Å². The number of halogens is 1. The Morgan fingerprint density at radius 3 is 2.68 bits per heavy atom. The van der Waals surface area contributed by atoms with E-state index < -0.39 is 53.4 Å². The number of aliphatic hydroxyl groups excluding tert-OH is 1. The lowest BCUT2D eigenvalue weighted by molar-refractivity contribution is -0.151. The van der Waals surface area contributed by atoms with Gasteiger partial charge in [0.25, 0.3) is 5.91 Å². The lowest BCUT2D eigenvalue weighted by atomic mass is 9.70. The minimum Gasteiger partial charge on any atom is -0.481 e. The summed E-state index contributed by atoms with van der Waals surface area (Å²) in [5.41, 5.74) is -0.791. The predicted molar refractivity (Wildman–Crippen MR) is 126 cm³/mol. The van der Waals surface area contributed by atoms with Crippen LogP contribution in [0.2, 0.25) is 5.02 Å². The molecule has 3 heterocycles. The molecule has 8 nitrogen and oxygen atoms in total. The second kappa shape index (κ2) is 9.32. The van der Waals surface area contributed by atoms with Crippen molar-refractivity contribution in [2.75, 3.05) is 18.1 Å². The highest BCUT2D eigenvalue weighted by atomic mass is 35.5. The van der Waals surface area contributed by atoms with Crippen LogP contribution in [0.25, 0.3) is 0 Å². The third-order valence-corrected chi connectivity index (χ3v) is 7.65. The topological polar surface area (TPSA) is 107 Å². The fourth-order valence-electron chi connectivity index (χ4n) is 6.12. The number of aliphatic hydroxyl groups is 1. The van der Waals surface area contributed by atoms with Gasteiger partial charge in [-0.3, -0.25) is 14.4 Å². The van der Waals surface area contributed by atoms with Gasteiger partial charge in [0.15, 0.2) is 0 Å². The maximum Gasteiger partial charge on any atom is 0.310 e. The van der Waals surface area contributed by atoms with E-state index in [9.17, 15) is 24.6 Å². The number of carbonyl (C=O) groups is 3. The Bertz CT molecular complexity index is 999. The van der Waals surface area contributed by atoms with Crippen molar-refractivity contribution in [1.29, 1.82) is 0 Å². The number of ether oxygens (including phenoxy) is 1. The van der Waals surface area contributed by atoms with Gasteiger partial charge >= 0.3 is 5.97 Å². The van der Waals surface area contributed by atoms with E-state index in [0.29, 0.717) is 30.0 Å². The number of amides is 2. The van der Waals surface area contributed by atoms with Crippen LogP contribution in [0.15, 0.2) is 36.9 Å². The summed E-state index contributed by atoms with van der Waals surface area (Å²) < 4.78 is 6.25. The number of hydrogen-bond donors (Lipinski definition) is 2. The average molecular weight is 491 g/mol. The summed E-state index contributed by atoms with van der Waals surface area (Å²) in [7, 11) is 0. The molecule has 2 N–H and O–H groups in total. The van der Waals surface area contributed by atoms with E-state index in [0.717, 1.165) is 0 Å². The molecule has 1 spiro atoms. The number of nitrogens with zero attached hydrogens (tertiary/aromatic N) is 2. The Kier molecular flexibility index (Phi) is 6.77. The molecule has 3 aliphatic heterocycles. The summed E-state index contributed by atoms with van der Waals surface area (Å²) in [5.74, 6) is -3.82. The number of fused-ring (bicyclic) bond motifs is 1. The lowest BCUT2D eigenvalue weighted by Gasteiger charge is -2.39. The van der Waals surface area contributed by atoms with Gasteiger partial charge in [-0.05, 0) is 37.3 Å². The number of para-hydroxylation sites is 1. The first kappa shape index (κ1) is 24.7. The zero-order chi connectivity index (χ0) is 24.8. The molecule has 3 aliphatic rings. The largest absolute Gasteiger partial charge is 0.481 e. The van der Waals surface area contributed by atoms with E-state index in [-0.39, 0.29) is 19.1 Å². The normalized spacial score (nSPS) is 30.5. The average Bonchev–Trinajstić information content (AvgIpc) is 3.43. The van der Waals surface area contributed by atoms with Crippen LogP contribution < -0.4 is 4.90 Å². The number of likely N-dealkylation sites (tertiary alicyclic amines) is 1. The molecule has 1 aromatic carbocycles. The summed E-state index contributed by atoms with van der Waals surface area (Å²) >= 11 is 6.42. The molecule has 0 unspecified atom stereocenters. The Morgan fingerprint density at radius 1 is 1.38 bits per heavy atom. The zero-order valence-electron chi connectivity index (χ0n) is 19.4. The first-order valence-corrected chi connectivity index (χ1v) is 12.1. The van der Waals surface area contributed by atoms with Gasteiger partial charge in [0.1, 0.15) is 11.6 Å². The van der Waals surface area contributed by atoms with Crippen molar-refractivity contribution >= 4 is 35.1 Å². The van der Waals surface area contributed by atoms with E-state index in [2.05, 4.69) is 6.58 Å². The second-order valence-electron chi connectivity index (χ2n) is 9.79. The molecule has 3 fully saturated rings. The Morgan fingerprint density at radius 2 is 2.09 bits per heavy atom. The third-order valence-electron chi connectivity index (χ3n) is 7.33. The van der Waals surface area contributed by atoms with Crippen molar-refractivity contribution in [2.24, 2.45) is 17.8 Å². The van der Waals surface area contributed by atoms with E-state index in [4.69, 9.17) is 16.3 Å².